The molecule has 11 rings (SSSR count). The molecule has 0 aliphatic heterocycles. The van der Waals surface area contributed by atoms with Gasteiger partial charge in [-0.3, -0.25) is 9.38 Å². The molecule has 1 unspecified atom stereocenters. The van der Waals surface area contributed by atoms with Crippen molar-refractivity contribution in [1.82, 2.24) is 14.4 Å². The van der Waals surface area contributed by atoms with Crippen LogP contribution >= 0.6 is 7.14 Å². The van der Waals surface area contributed by atoms with Crippen molar-refractivity contribution in [2.45, 2.75) is 0 Å². The Morgan fingerprint density at radius 1 is 0.469 bits per heavy atom. The Labute approximate surface area is 280 Å². The number of hydrogen-bond donors (Lipinski definition) is 0. The van der Waals surface area contributed by atoms with Crippen LogP contribution in [0.2, 0.25) is 0 Å². The Hall–Kier alpha value is -6.09. The Morgan fingerprint density at radius 3 is 1.94 bits per heavy atom. The summed E-state index contributed by atoms with van der Waals surface area (Å²) < 4.78 is 18.6. The zero-order chi connectivity index (χ0) is 32.3. The summed E-state index contributed by atoms with van der Waals surface area (Å²) >= 11 is 0. The van der Waals surface area contributed by atoms with Gasteiger partial charge < -0.3 is 4.57 Å². The van der Waals surface area contributed by atoms with Crippen LogP contribution in [-0.2, 0) is 4.57 Å². The van der Waals surface area contributed by atoms with E-state index in [1.165, 1.54) is 21.5 Å². The smallest absolute Gasteiger partial charge is 0.171 e. The van der Waals surface area contributed by atoms with Crippen LogP contribution in [0.1, 0.15) is 0 Å². The van der Waals surface area contributed by atoms with E-state index >= 15 is 4.57 Å². The summed E-state index contributed by atoms with van der Waals surface area (Å²) in [5.41, 5.74) is 4.79. The predicted octanol–water partition coefficient (Wildman–Crippen LogP) is 9.88. The van der Waals surface area contributed by atoms with Crippen molar-refractivity contribution in [3.8, 4) is 0 Å². The molecule has 49 heavy (non-hydrogen) atoms. The van der Waals surface area contributed by atoms with Gasteiger partial charge in [-0.05, 0) is 86.2 Å². The summed E-state index contributed by atoms with van der Waals surface area (Å²) in [5, 5.41) is 13.5. The van der Waals surface area contributed by atoms with Crippen LogP contribution in [0.15, 0.2) is 158 Å². The Balaban J connectivity index is 1.27. The van der Waals surface area contributed by atoms with E-state index in [9.17, 15) is 0 Å². The number of pyridine rings is 2. The van der Waals surface area contributed by atoms with Gasteiger partial charge in [0.25, 0.3) is 0 Å². The number of benzene rings is 8. The van der Waals surface area contributed by atoms with E-state index in [-0.39, 0.29) is 0 Å². The first-order valence-corrected chi connectivity index (χ1v) is 18.2. The van der Waals surface area contributed by atoms with Crippen LogP contribution in [-0.4, -0.2) is 14.4 Å². The fourth-order valence-corrected chi connectivity index (χ4v) is 11.1. The second-order valence-corrected chi connectivity index (χ2v) is 15.7. The fraction of sp³-hybridized carbons (Fsp3) is 0. The lowest BCUT2D eigenvalue weighted by molar-refractivity contribution is 0.592. The van der Waals surface area contributed by atoms with Gasteiger partial charge >= 0.3 is 0 Å². The molecular weight excluding hydrogens is 617 g/mol. The summed E-state index contributed by atoms with van der Waals surface area (Å²) in [6, 6.07) is 52.5. The van der Waals surface area contributed by atoms with Crippen LogP contribution in [0.25, 0.3) is 81.6 Å². The summed E-state index contributed by atoms with van der Waals surface area (Å²) in [4.78, 5) is 10.1. The first kappa shape index (κ1) is 26.9. The molecule has 0 aliphatic carbocycles. The quantitative estimate of drug-likeness (QED) is 0.109. The lowest BCUT2D eigenvalue weighted by atomic mass is 9.94. The summed E-state index contributed by atoms with van der Waals surface area (Å²) in [7, 11) is -3.42. The van der Waals surface area contributed by atoms with Crippen molar-refractivity contribution in [3.05, 3.63) is 158 Å². The largest absolute Gasteiger partial charge is 0.309 e. The van der Waals surface area contributed by atoms with Crippen molar-refractivity contribution in [1.29, 1.82) is 0 Å². The van der Waals surface area contributed by atoms with E-state index in [1.54, 1.807) is 0 Å². The van der Waals surface area contributed by atoms with Crippen LogP contribution in [0, 0.1) is 0 Å². The van der Waals surface area contributed by atoms with E-state index in [1.807, 2.05) is 48.7 Å². The first-order valence-electron chi connectivity index (χ1n) is 16.5. The fourth-order valence-electron chi connectivity index (χ4n) is 8.19. The minimum Gasteiger partial charge on any atom is -0.309 e. The number of aromatic nitrogens is 3. The number of imidazole rings is 1. The maximum atomic E-state index is 16.3. The monoisotopic (exact) mass is 643 g/mol. The molecule has 11 aromatic rings. The summed E-state index contributed by atoms with van der Waals surface area (Å²) in [6.45, 7) is 0. The highest BCUT2D eigenvalue weighted by Crippen LogP contribution is 2.47. The molecule has 5 heteroatoms. The number of rotatable bonds is 3. The molecule has 0 fully saturated rings. The third-order valence-corrected chi connectivity index (χ3v) is 13.4. The molecule has 228 valence electrons. The van der Waals surface area contributed by atoms with Gasteiger partial charge in [-0.2, -0.15) is 0 Å². The summed E-state index contributed by atoms with van der Waals surface area (Å²) in [6.07, 6.45) is 1.81. The molecule has 0 saturated heterocycles. The second kappa shape index (κ2) is 9.73. The van der Waals surface area contributed by atoms with Gasteiger partial charge in [-0.25, -0.2) is 4.98 Å². The van der Waals surface area contributed by atoms with Crippen molar-refractivity contribution in [3.63, 3.8) is 0 Å². The average molecular weight is 644 g/mol. The normalized spacial score (nSPS) is 13.6. The van der Waals surface area contributed by atoms with Gasteiger partial charge in [0, 0.05) is 38.3 Å². The highest BCUT2D eigenvalue weighted by Gasteiger charge is 2.33. The Morgan fingerprint density at radius 2 is 1.14 bits per heavy atom. The van der Waals surface area contributed by atoms with Crippen LogP contribution in [0.4, 0.5) is 0 Å². The van der Waals surface area contributed by atoms with Crippen LogP contribution < -0.4 is 15.9 Å². The molecule has 0 saturated carbocycles. The van der Waals surface area contributed by atoms with E-state index in [0.717, 1.165) is 75.9 Å². The highest BCUT2D eigenvalue weighted by molar-refractivity contribution is 7.85. The molecule has 8 aromatic carbocycles. The zero-order valence-corrected chi connectivity index (χ0v) is 27.1. The van der Waals surface area contributed by atoms with Crippen molar-refractivity contribution in [2.75, 3.05) is 0 Å². The average Bonchev–Trinajstić information content (AvgIpc) is 3.56. The predicted molar refractivity (Wildman–Crippen MR) is 206 cm³/mol. The standard InChI is InChI=1S/C44H26N3OP/c48-49(31-11-2-1-3-12-31,32-23-29-19-17-27-9-8-10-28-18-20-30(24-32)43(29)42(27)28)41-21-22-45-38-26-34-33-13-4-6-15-39(33)47-40-16-7-5-14-37(40)46-44(47)35(34)25-36(38)41/h1-26H. The Kier molecular flexibility index (Phi) is 5.35. The maximum Gasteiger partial charge on any atom is 0.171 e. The van der Waals surface area contributed by atoms with Crippen molar-refractivity contribution < 1.29 is 4.57 Å². The molecule has 0 bridgehead atoms. The number of hydrogen-bond acceptors (Lipinski definition) is 3. The molecule has 3 heterocycles. The van der Waals surface area contributed by atoms with Gasteiger partial charge in [0.1, 0.15) is 5.65 Å². The molecule has 3 aromatic heterocycles. The van der Waals surface area contributed by atoms with Crippen molar-refractivity contribution >= 4 is 105 Å². The van der Waals surface area contributed by atoms with Gasteiger partial charge in [0.15, 0.2) is 7.14 Å². The van der Waals surface area contributed by atoms with Gasteiger partial charge in [-0.1, -0.05) is 103 Å². The Bertz CT molecular complexity index is 3140. The number of fused-ring (bicyclic) bond motifs is 9. The summed E-state index contributed by atoms with van der Waals surface area (Å²) in [5.74, 6) is 0. The van der Waals surface area contributed by atoms with Crippen LogP contribution in [0.3, 0.4) is 0 Å². The van der Waals surface area contributed by atoms with E-state index in [4.69, 9.17) is 9.97 Å². The number of para-hydroxylation sites is 3. The van der Waals surface area contributed by atoms with Gasteiger partial charge in [-0.15, -0.1) is 0 Å². The van der Waals surface area contributed by atoms with E-state index < -0.39 is 7.14 Å². The van der Waals surface area contributed by atoms with Crippen LogP contribution in [0.5, 0.6) is 0 Å². The van der Waals surface area contributed by atoms with E-state index in [0.29, 0.717) is 0 Å². The molecular formula is C44H26N3OP. The van der Waals surface area contributed by atoms with Crippen molar-refractivity contribution in [2.24, 2.45) is 0 Å². The molecule has 0 aliphatic rings. The lowest BCUT2D eigenvalue weighted by Gasteiger charge is -2.23. The SMILES string of the molecule is O=P(c1ccccc1)(c1cc2ccc3cccc4ccc(c1)c2c34)c1ccnc2cc3c4ccccc4n4c5ccccc5nc4c3cc12. The minimum absolute atomic E-state index is 0.779. The second-order valence-electron chi connectivity index (χ2n) is 12.9. The minimum atomic E-state index is -3.42. The third kappa shape index (κ3) is 3.61. The molecule has 0 N–H and O–H groups in total. The topological polar surface area (TPSA) is 47.3 Å². The van der Waals surface area contributed by atoms with Gasteiger partial charge in [0.05, 0.1) is 22.1 Å². The molecule has 1 atom stereocenters. The molecule has 0 spiro atoms. The first-order chi connectivity index (χ1) is 24.2. The maximum absolute atomic E-state index is 16.3. The lowest BCUT2D eigenvalue weighted by Crippen LogP contribution is -2.26. The zero-order valence-electron chi connectivity index (χ0n) is 26.2. The molecule has 0 amide bonds. The number of nitrogens with zero attached hydrogens (tertiary/aromatic N) is 3. The third-order valence-electron chi connectivity index (χ3n) is 10.4. The van der Waals surface area contributed by atoms with Gasteiger partial charge in [0.2, 0.25) is 0 Å². The molecule has 4 nitrogen and oxygen atoms in total. The molecule has 0 radical (unpaired) electrons. The van der Waals surface area contributed by atoms with E-state index in [2.05, 4.69) is 114 Å². The highest BCUT2D eigenvalue weighted by atomic mass is 31.2.